The van der Waals surface area contributed by atoms with Crippen molar-refractivity contribution in [2.75, 3.05) is 16.4 Å². The fourth-order valence-electron chi connectivity index (χ4n) is 4.40. The molecule has 1 aliphatic heterocycles. The van der Waals surface area contributed by atoms with Crippen LogP contribution in [-0.4, -0.2) is 20.4 Å². The summed E-state index contributed by atoms with van der Waals surface area (Å²) >= 11 is 0. The standard InChI is InChI=1S/C27H29N7O/c1-17-10-25(28)32-18(2)22(17)13-31-27(35)24-16-34-15-20-8-9-21(11-23(20)30-14-26(34)33-24)29-12-19-6-4-3-5-7-19/h3-11,16,29-30H,12-15H2,1-2H3,(H2,28,32)(H,31,35). The van der Waals surface area contributed by atoms with Gasteiger partial charge in [-0.25, -0.2) is 9.97 Å². The van der Waals surface area contributed by atoms with Crippen molar-refractivity contribution < 1.29 is 4.79 Å². The van der Waals surface area contributed by atoms with Gasteiger partial charge in [0.05, 0.1) is 13.1 Å². The van der Waals surface area contributed by atoms with Crippen LogP contribution >= 0.6 is 0 Å². The van der Waals surface area contributed by atoms with Gasteiger partial charge >= 0.3 is 0 Å². The molecule has 0 fully saturated rings. The molecule has 35 heavy (non-hydrogen) atoms. The third kappa shape index (κ3) is 4.96. The molecule has 5 rings (SSSR count). The Morgan fingerprint density at radius 2 is 1.91 bits per heavy atom. The van der Waals surface area contributed by atoms with Crippen molar-refractivity contribution >= 4 is 23.1 Å². The molecule has 0 spiro atoms. The molecule has 0 atom stereocenters. The Morgan fingerprint density at radius 3 is 2.71 bits per heavy atom. The fourth-order valence-corrected chi connectivity index (χ4v) is 4.40. The van der Waals surface area contributed by atoms with Gasteiger partial charge in [-0.05, 0) is 54.3 Å². The van der Waals surface area contributed by atoms with Crippen molar-refractivity contribution in [3.05, 3.63) is 100 Å². The number of aromatic nitrogens is 3. The van der Waals surface area contributed by atoms with Gasteiger partial charge in [0.25, 0.3) is 5.91 Å². The number of nitrogens with two attached hydrogens (primary N) is 1. The molecule has 0 bridgehead atoms. The highest BCUT2D eigenvalue weighted by Gasteiger charge is 2.19. The number of hydrogen-bond acceptors (Lipinski definition) is 6. The van der Waals surface area contributed by atoms with E-state index in [1.807, 2.05) is 48.9 Å². The number of nitrogen functional groups attached to an aromatic ring is 1. The minimum Gasteiger partial charge on any atom is -0.384 e. The lowest BCUT2D eigenvalue weighted by molar-refractivity contribution is 0.0946. The van der Waals surface area contributed by atoms with Gasteiger partial charge in [-0.15, -0.1) is 0 Å². The summed E-state index contributed by atoms with van der Waals surface area (Å²) in [4.78, 5) is 21.7. The van der Waals surface area contributed by atoms with Crippen LogP contribution in [0.25, 0.3) is 0 Å². The zero-order chi connectivity index (χ0) is 24.4. The Balaban J connectivity index is 1.25. The topological polar surface area (TPSA) is 110 Å². The molecule has 1 aliphatic rings. The van der Waals surface area contributed by atoms with Crippen LogP contribution in [0.5, 0.6) is 0 Å². The largest absolute Gasteiger partial charge is 0.384 e. The fraction of sp³-hybridized carbons (Fsp3) is 0.222. The number of fused-ring (bicyclic) bond motifs is 2. The first-order valence-corrected chi connectivity index (χ1v) is 11.7. The van der Waals surface area contributed by atoms with E-state index in [0.717, 1.165) is 46.1 Å². The van der Waals surface area contributed by atoms with Gasteiger partial charge in [0.15, 0.2) is 0 Å². The number of anilines is 3. The van der Waals surface area contributed by atoms with Crippen LogP contribution in [0, 0.1) is 13.8 Å². The average molecular weight is 468 g/mol. The predicted molar refractivity (Wildman–Crippen MR) is 138 cm³/mol. The SMILES string of the molecule is Cc1cc(N)nc(C)c1CNC(=O)c1cn2c(n1)CNc1cc(NCc3ccccc3)ccc1C2. The molecule has 178 valence electrons. The quantitative estimate of drug-likeness (QED) is 0.341. The lowest BCUT2D eigenvalue weighted by Crippen LogP contribution is -2.24. The molecule has 0 unspecified atom stereocenters. The summed E-state index contributed by atoms with van der Waals surface area (Å²) in [7, 11) is 0. The maximum Gasteiger partial charge on any atom is 0.271 e. The van der Waals surface area contributed by atoms with Gasteiger partial charge in [0.2, 0.25) is 0 Å². The summed E-state index contributed by atoms with van der Waals surface area (Å²) in [5, 5.41) is 9.93. The molecule has 8 nitrogen and oxygen atoms in total. The highest BCUT2D eigenvalue weighted by molar-refractivity contribution is 5.92. The zero-order valence-electron chi connectivity index (χ0n) is 19.9. The number of pyridine rings is 1. The lowest BCUT2D eigenvalue weighted by atomic mass is 10.1. The number of imidazole rings is 1. The molecule has 0 saturated carbocycles. The van der Waals surface area contributed by atoms with Gasteiger partial charge in [0.1, 0.15) is 17.3 Å². The van der Waals surface area contributed by atoms with Gasteiger partial charge < -0.3 is 26.3 Å². The van der Waals surface area contributed by atoms with Gasteiger partial charge in [-0.1, -0.05) is 36.4 Å². The second-order valence-corrected chi connectivity index (χ2v) is 8.85. The summed E-state index contributed by atoms with van der Waals surface area (Å²) < 4.78 is 2.03. The molecule has 8 heteroatoms. The van der Waals surface area contributed by atoms with Crippen molar-refractivity contribution in [1.29, 1.82) is 0 Å². The number of aryl methyl sites for hydroxylation is 2. The van der Waals surface area contributed by atoms with Crippen LogP contribution in [0.4, 0.5) is 17.2 Å². The van der Waals surface area contributed by atoms with E-state index < -0.39 is 0 Å². The minimum absolute atomic E-state index is 0.207. The van der Waals surface area contributed by atoms with Crippen LogP contribution < -0.4 is 21.7 Å². The normalized spacial score (nSPS) is 12.2. The Kier molecular flexibility index (Phi) is 6.10. The van der Waals surface area contributed by atoms with Gasteiger partial charge in [-0.2, -0.15) is 0 Å². The Morgan fingerprint density at radius 1 is 1.09 bits per heavy atom. The van der Waals surface area contributed by atoms with Crippen LogP contribution in [-0.2, 0) is 26.2 Å². The third-order valence-electron chi connectivity index (χ3n) is 6.32. The molecule has 2 aromatic heterocycles. The monoisotopic (exact) mass is 467 g/mol. The Bertz CT molecular complexity index is 1350. The number of amides is 1. The van der Waals surface area contributed by atoms with E-state index in [2.05, 4.69) is 56.3 Å². The predicted octanol–water partition coefficient (Wildman–Crippen LogP) is 3.99. The van der Waals surface area contributed by atoms with E-state index in [0.29, 0.717) is 31.1 Å². The first-order chi connectivity index (χ1) is 17.0. The maximum absolute atomic E-state index is 12.8. The van der Waals surface area contributed by atoms with E-state index in [1.165, 1.54) is 5.56 Å². The number of benzene rings is 2. The highest BCUT2D eigenvalue weighted by atomic mass is 16.1. The lowest BCUT2D eigenvalue weighted by Gasteiger charge is -2.12. The van der Waals surface area contributed by atoms with E-state index in [9.17, 15) is 4.79 Å². The third-order valence-corrected chi connectivity index (χ3v) is 6.32. The Hall–Kier alpha value is -4.33. The van der Waals surface area contributed by atoms with Crippen molar-refractivity contribution in [3.63, 3.8) is 0 Å². The van der Waals surface area contributed by atoms with E-state index in [4.69, 9.17) is 5.73 Å². The molecule has 0 aliphatic carbocycles. The van der Waals surface area contributed by atoms with Crippen molar-refractivity contribution in [1.82, 2.24) is 19.9 Å². The molecule has 3 heterocycles. The van der Waals surface area contributed by atoms with Gasteiger partial charge in [-0.3, -0.25) is 4.79 Å². The van der Waals surface area contributed by atoms with E-state index >= 15 is 0 Å². The van der Waals surface area contributed by atoms with E-state index in [-0.39, 0.29) is 5.91 Å². The number of carbonyl (C=O) groups excluding carboxylic acids is 1. The average Bonchev–Trinajstić information content (AvgIpc) is 3.17. The summed E-state index contributed by atoms with van der Waals surface area (Å²) in [6.07, 6.45) is 1.82. The minimum atomic E-state index is -0.207. The molecule has 0 saturated heterocycles. The number of carbonyl (C=O) groups is 1. The molecule has 0 radical (unpaired) electrons. The summed E-state index contributed by atoms with van der Waals surface area (Å²) in [6, 6.07) is 18.5. The van der Waals surface area contributed by atoms with Crippen LogP contribution in [0.1, 0.15) is 44.3 Å². The van der Waals surface area contributed by atoms with E-state index in [1.54, 1.807) is 0 Å². The smallest absolute Gasteiger partial charge is 0.271 e. The number of rotatable bonds is 6. The van der Waals surface area contributed by atoms with Crippen LogP contribution in [0.2, 0.25) is 0 Å². The van der Waals surface area contributed by atoms with Crippen molar-refractivity contribution in [2.45, 2.75) is 40.0 Å². The summed E-state index contributed by atoms with van der Waals surface area (Å²) in [6.45, 7) is 6.21. The highest BCUT2D eigenvalue weighted by Crippen LogP contribution is 2.26. The molecule has 5 N–H and O–H groups in total. The van der Waals surface area contributed by atoms with Crippen LogP contribution in [0.3, 0.4) is 0 Å². The van der Waals surface area contributed by atoms with Crippen molar-refractivity contribution in [2.24, 2.45) is 0 Å². The molecule has 4 aromatic rings. The molecule has 1 amide bonds. The summed E-state index contributed by atoms with van der Waals surface area (Å²) in [5.41, 5.74) is 13.5. The number of hydrogen-bond donors (Lipinski definition) is 4. The summed E-state index contributed by atoms with van der Waals surface area (Å²) in [5.74, 6) is 1.10. The first kappa shape index (κ1) is 22.5. The first-order valence-electron chi connectivity index (χ1n) is 11.7. The van der Waals surface area contributed by atoms with Crippen molar-refractivity contribution in [3.8, 4) is 0 Å². The zero-order valence-corrected chi connectivity index (χ0v) is 19.9. The maximum atomic E-state index is 12.8. The molecule has 2 aromatic carbocycles. The Labute approximate surface area is 204 Å². The second-order valence-electron chi connectivity index (χ2n) is 8.85. The van der Waals surface area contributed by atoms with Gasteiger partial charge in [0, 0.05) is 36.4 Å². The molecular weight excluding hydrogens is 438 g/mol. The number of nitrogens with zero attached hydrogens (tertiary/aromatic N) is 3. The van der Waals surface area contributed by atoms with Crippen LogP contribution in [0.15, 0.2) is 60.8 Å². The number of nitrogens with one attached hydrogen (secondary N) is 3. The second kappa shape index (κ2) is 9.50. The molecular formula is C27H29N7O.